The monoisotopic (exact) mass is 329 g/mol. The molecule has 3 atom stereocenters. The molecule has 0 aliphatic carbocycles. The fourth-order valence-electron chi connectivity index (χ4n) is 3.44. The molecule has 1 aromatic carbocycles. The summed E-state index contributed by atoms with van der Waals surface area (Å²) in [6.45, 7) is 3.09. The Morgan fingerprint density at radius 3 is 2.25 bits per heavy atom. The van der Waals surface area contributed by atoms with Crippen LogP contribution in [0.15, 0.2) is 36.4 Å². The standard InChI is InChI=1S/C18H19NO5/c1-11-15(7-6-12(24-11)10-16-22-8-9-23-16)19-17(20)13-4-2-3-5-14(13)18(19)21/h2-7,11-12,15-16H,8-10H2,1H3/t11-,12-,15-/m1/s1. The zero-order chi connectivity index (χ0) is 16.7. The van der Waals surface area contributed by atoms with Gasteiger partial charge < -0.3 is 14.2 Å². The first-order valence-corrected chi connectivity index (χ1v) is 8.19. The normalized spacial score (nSPS) is 30.2. The minimum atomic E-state index is -0.404. The fourth-order valence-corrected chi connectivity index (χ4v) is 3.44. The van der Waals surface area contributed by atoms with Crippen LogP contribution in [0.25, 0.3) is 0 Å². The molecule has 6 heteroatoms. The minimum absolute atomic E-state index is 0.144. The third-order valence-electron chi connectivity index (χ3n) is 4.63. The van der Waals surface area contributed by atoms with Crippen molar-refractivity contribution in [2.75, 3.05) is 13.2 Å². The Kier molecular flexibility index (Phi) is 3.96. The number of amides is 2. The van der Waals surface area contributed by atoms with Crippen molar-refractivity contribution in [2.45, 2.75) is 37.9 Å². The van der Waals surface area contributed by atoms with Crippen LogP contribution in [-0.4, -0.2) is 54.5 Å². The lowest BCUT2D eigenvalue weighted by atomic mass is 10.0. The summed E-state index contributed by atoms with van der Waals surface area (Å²) in [5, 5.41) is 0. The molecule has 1 saturated heterocycles. The number of carbonyl (C=O) groups excluding carboxylic acids is 2. The number of imide groups is 1. The first kappa shape index (κ1) is 15.5. The van der Waals surface area contributed by atoms with Gasteiger partial charge >= 0.3 is 0 Å². The van der Waals surface area contributed by atoms with Crippen molar-refractivity contribution in [2.24, 2.45) is 0 Å². The first-order chi connectivity index (χ1) is 11.6. The van der Waals surface area contributed by atoms with Crippen molar-refractivity contribution >= 4 is 11.8 Å². The molecule has 2 amide bonds. The maximum Gasteiger partial charge on any atom is 0.262 e. The lowest BCUT2D eigenvalue weighted by molar-refractivity contribution is -0.0938. The van der Waals surface area contributed by atoms with E-state index in [9.17, 15) is 9.59 Å². The number of fused-ring (bicyclic) bond motifs is 1. The van der Waals surface area contributed by atoms with Gasteiger partial charge in [-0.05, 0) is 19.1 Å². The molecular formula is C18H19NO5. The molecule has 3 aliphatic rings. The number of rotatable bonds is 3. The van der Waals surface area contributed by atoms with Crippen molar-refractivity contribution in [1.29, 1.82) is 0 Å². The Labute approximate surface area is 140 Å². The van der Waals surface area contributed by atoms with Crippen molar-refractivity contribution in [3.8, 4) is 0 Å². The van der Waals surface area contributed by atoms with Crippen LogP contribution in [0, 0.1) is 0 Å². The molecule has 126 valence electrons. The average molecular weight is 329 g/mol. The predicted octanol–water partition coefficient (Wildman–Crippen LogP) is 1.76. The Morgan fingerprint density at radius 1 is 1.04 bits per heavy atom. The van der Waals surface area contributed by atoms with Crippen LogP contribution in [-0.2, 0) is 14.2 Å². The van der Waals surface area contributed by atoms with Gasteiger partial charge in [-0.25, -0.2) is 0 Å². The van der Waals surface area contributed by atoms with Gasteiger partial charge in [0.1, 0.15) is 0 Å². The van der Waals surface area contributed by atoms with Gasteiger partial charge in [-0.3, -0.25) is 14.5 Å². The van der Waals surface area contributed by atoms with Gasteiger partial charge in [0.05, 0.1) is 42.6 Å². The molecule has 1 fully saturated rings. The van der Waals surface area contributed by atoms with E-state index in [0.717, 1.165) is 0 Å². The van der Waals surface area contributed by atoms with Gasteiger partial charge in [0.2, 0.25) is 0 Å². The Bertz CT molecular complexity index is 659. The molecule has 0 radical (unpaired) electrons. The van der Waals surface area contributed by atoms with E-state index in [1.807, 2.05) is 19.1 Å². The number of benzene rings is 1. The molecule has 1 aromatic rings. The Morgan fingerprint density at radius 2 is 1.67 bits per heavy atom. The van der Waals surface area contributed by atoms with Crippen LogP contribution >= 0.6 is 0 Å². The topological polar surface area (TPSA) is 65.1 Å². The summed E-state index contributed by atoms with van der Waals surface area (Å²) in [7, 11) is 0. The summed E-state index contributed by atoms with van der Waals surface area (Å²) >= 11 is 0. The van der Waals surface area contributed by atoms with E-state index < -0.39 is 6.04 Å². The molecule has 0 aromatic heterocycles. The highest BCUT2D eigenvalue weighted by Gasteiger charge is 2.42. The summed E-state index contributed by atoms with van der Waals surface area (Å²) < 4.78 is 16.9. The summed E-state index contributed by atoms with van der Waals surface area (Å²) in [6, 6.07) is 6.50. The summed E-state index contributed by atoms with van der Waals surface area (Å²) in [5.74, 6) is -0.525. The number of ether oxygens (including phenoxy) is 3. The van der Waals surface area contributed by atoms with Crippen molar-refractivity contribution in [3.63, 3.8) is 0 Å². The van der Waals surface area contributed by atoms with E-state index in [0.29, 0.717) is 30.8 Å². The second-order valence-electron chi connectivity index (χ2n) is 6.19. The van der Waals surface area contributed by atoms with Crippen molar-refractivity contribution in [3.05, 3.63) is 47.5 Å². The summed E-state index contributed by atoms with van der Waals surface area (Å²) in [6.07, 6.45) is 3.70. The predicted molar refractivity (Wildman–Crippen MR) is 84.5 cm³/mol. The molecule has 24 heavy (non-hydrogen) atoms. The van der Waals surface area contributed by atoms with Crippen LogP contribution in [0.5, 0.6) is 0 Å². The van der Waals surface area contributed by atoms with Crippen molar-refractivity contribution in [1.82, 2.24) is 4.90 Å². The van der Waals surface area contributed by atoms with E-state index in [1.165, 1.54) is 4.90 Å². The van der Waals surface area contributed by atoms with E-state index in [1.54, 1.807) is 24.3 Å². The lowest BCUT2D eigenvalue weighted by Gasteiger charge is -2.35. The van der Waals surface area contributed by atoms with Crippen molar-refractivity contribution < 1.29 is 23.8 Å². The summed E-state index contributed by atoms with van der Waals surface area (Å²) in [5.41, 5.74) is 0.913. The number of nitrogens with zero attached hydrogens (tertiary/aromatic N) is 1. The fraction of sp³-hybridized carbons (Fsp3) is 0.444. The molecule has 0 spiro atoms. The second-order valence-corrected chi connectivity index (χ2v) is 6.19. The highest BCUT2D eigenvalue weighted by molar-refractivity contribution is 6.21. The van der Waals surface area contributed by atoms with Gasteiger partial charge in [-0.1, -0.05) is 24.3 Å². The summed E-state index contributed by atoms with van der Waals surface area (Å²) in [4.78, 5) is 26.5. The van der Waals surface area contributed by atoms with Gasteiger partial charge in [0.15, 0.2) is 6.29 Å². The van der Waals surface area contributed by atoms with E-state index in [2.05, 4.69) is 0 Å². The smallest absolute Gasteiger partial charge is 0.262 e. The van der Waals surface area contributed by atoms with Gasteiger partial charge in [-0.2, -0.15) is 0 Å². The average Bonchev–Trinajstić information content (AvgIpc) is 3.17. The molecule has 0 bridgehead atoms. The third kappa shape index (κ3) is 2.56. The minimum Gasteiger partial charge on any atom is -0.369 e. The molecule has 0 unspecified atom stereocenters. The second kappa shape index (κ2) is 6.12. The van der Waals surface area contributed by atoms with Crippen LogP contribution in [0.4, 0.5) is 0 Å². The lowest BCUT2D eigenvalue weighted by Crippen LogP contribution is -2.48. The van der Waals surface area contributed by atoms with E-state index in [-0.39, 0.29) is 30.3 Å². The molecule has 3 aliphatic heterocycles. The first-order valence-electron chi connectivity index (χ1n) is 8.19. The van der Waals surface area contributed by atoms with Crippen LogP contribution in [0.3, 0.4) is 0 Å². The Balaban J connectivity index is 1.51. The van der Waals surface area contributed by atoms with E-state index in [4.69, 9.17) is 14.2 Å². The SMILES string of the molecule is C[C@H]1O[C@@H](CC2OCCO2)C=C[C@H]1N1C(=O)c2ccccc2C1=O. The number of hydrogen-bond donors (Lipinski definition) is 0. The molecule has 0 saturated carbocycles. The molecule has 3 heterocycles. The van der Waals surface area contributed by atoms with E-state index >= 15 is 0 Å². The highest BCUT2D eigenvalue weighted by Crippen LogP contribution is 2.29. The highest BCUT2D eigenvalue weighted by atomic mass is 16.7. The third-order valence-corrected chi connectivity index (χ3v) is 4.63. The maximum atomic E-state index is 12.6. The van der Waals surface area contributed by atoms with Crippen LogP contribution < -0.4 is 0 Å². The van der Waals surface area contributed by atoms with Crippen LogP contribution in [0.1, 0.15) is 34.1 Å². The largest absolute Gasteiger partial charge is 0.369 e. The zero-order valence-electron chi connectivity index (χ0n) is 13.4. The van der Waals surface area contributed by atoms with Gasteiger partial charge in [0.25, 0.3) is 11.8 Å². The van der Waals surface area contributed by atoms with Crippen LogP contribution in [0.2, 0.25) is 0 Å². The molecule has 4 rings (SSSR count). The zero-order valence-corrected chi connectivity index (χ0v) is 13.4. The van der Waals surface area contributed by atoms with Gasteiger partial charge in [-0.15, -0.1) is 0 Å². The maximum absolute atomic E-state index is 12.6. The quantitative estimate of drug-likeness (QED) is 0.624. The number of hydrogen-bond acceptors (Lipinski definition) is 5. The molecular weight excluding hydrogens is 310 g/mol. The van der Waals surface area contributed by atoms with Gasteiger partial charge in [0, 0.05) is 6.42 Å². The Hall–Kier alpha value is -2.02. The molecule has 0 N–H and O–H groups in total. The molecule has 6 nitrogen and oxygen atoms in total. The number of carbonyl (C=O) groups is 2.